The molecule has 4 nitrogen and oxygen atoms in total. The Balaban J connectivity index is 1.96. The van der Waals surface area contributed by atoms with E-state index in [1.54, 1.807) is 7.11 Å². The topological polar surface area (TPSA) is 51.4 Å². The highest BCUT2D eigenvalue weighted by Crippen LogP contribution is 2.35. The quantitative estimate of drug-likeness (QED) is 0.777. The maximum atomic E-state index is 5.60. The molecular weight excluding hydrogens is 238 g/mol. The van der Waals surface area contributed by atoms with Crippen molar-refractivity contribution in [3.63, 3.8) is 0 Å². The average Bonchev–Trinajstić information content (AvgIpc) is 3.28. The van der Waals surface area contributed by atoms with Crippen molar-refractivity contribution >= 4 is 0 Å². The third-order valence-corrected chi connectivity index (χ3v) is 3.95. The second-order valence-corrected chi connectivity index (χ2v) is 5.40. The zero-order valence-electron chi connectivity index (χ0n) is 12.0. The zero-order valence-corrected chi connectivity index (χ0v) is 12.0. The summed E-state index contributed by atoms with van der Waals surface area (Å²) in [5.74, 6) is 0.861. The molecule has 0 radical (unpaired) electrons. The maximum absolute atomic E-state index is 5.60. The molecule has 0 aliphatic heterocycles. The Hall–Kier alpha value is -0.970. The molecule has 1 fully saturated rings. The molecule has 1 atom stereocenters. The lowest BCUT2D eigenvalue weighted by molar-refractivity contribution is 0.110. The molecule has 1 aromatic rings. The lowest BCUT2D eigenvalue weighted by Crippen LogP contribution is -2.36. The zero-order chi connectivity index (χ0) is 13.7. The Bertz CT molecular complexity index is 375. The molecule has 1 saturated carbocycles. The van der Waals surface area contributed by atoms with Crippen molar-refractivity contribution in [1.82, 2.24) is 9.88 Å². The third-order valence-electron chi connectivity index (χ3n) is 3.95. The van der Waals surface area contributed by atoms with E-state index in [1.165, 1.54) is 12.8 Å². The first-order chi connectivity index (χ1) is 9.24. The van der Waals surface area contributed by atoms with Crippen molar-refractivity contribution in [2.24, 2.45) is 11.7 Å². The van der Waals surface area contributed by atoms with Crippen LogP contribution in [0.2, 0.25) is 0 Å². The number of nitrogens with two attached hydrogens (primary N) is 1. The Morgan fingerprint density at radius 1 is 1.47 bits per heavy atom. The normalized spacial score (nSPS) is 16.8. The van der Waals surface area contributed by atoms with Crippen LogP contribution in [0.3, 0.4) is 0 Å². The fraction of sp³-hybridized carbons (Fsp3) is 0.667. The van der Waals surface area contributed by atoms with Crippen LogP contribution in [-0.4, -0.2) is 36.2 Å². The Labute approximate surface area is 116 Å². The number of hydrogen-bond acceptors (Lipinski definition) is 4. The summed E-state index contributed by atoms with van der Waals surface area (Å²) >= 11 is 0. The van der Waals surface area contributed by atoms with Crippen LogP contribution in [0.15, 0.2) is 18.3 Å². The van der Waals surface area contributed by atoms with Crippen LogP contribution in [0.1, 0.15) is 31.0 Å². The van der Waals surface area contributed by atoms with E-state index in [-0.39, 0.29) is 0 Å². The molecule has 0 saturated heterocycles. The van der Waals surface area contributed by atoms with Crippen LogP contribution in [-0.2, 0) is 17.8 Å². The van der Waals surface area contributed by atoms with Crippen molar-refractivity contribution in [2.75, 3.05) is 20.3 Å². The fourth-order valence-corrected chi connectivity index (χ4v) is 2.39. The molecule has 1 aliphatic carbocycles. The van der Waals surface area contributed by atoms with Gasteiger partial charge < -0.3 is 10.5 Å². The van der Waals surface area contributed by atoms with Gasteiger partial charge in [-0.05, 0) is 37.3 Å². The Morgan fingerprint density at radius 2 is 2.26 bits per heavy atom. The van der Waals surface area contributed by atoms with Gasteiger partial charge in [0.2, 0.25) is 0 Å². The fourth-order valence-electron chi connectivity index (χ4n) is 2.39. The molecule has 1 heterocycles. The van der Waals surface area contributed by atoms with Crippen LogP contribution in [0, 0.1) is 5.92 Å². The van der Waals surface area contributed by atoms with Crippen molar-refractivity contribution in [3.8, 4) is 0 Å². The van der Waals surface area contributed by atoms with Gasteiger partial charge in [-0.15, -0.1) is 0 Å². The molecule has 0 amide bonds. The number of ether oxygens (including phenoxy) is 1. The lowest BCUT2D eigenvalue weighted by Gasteiger charge is -2.28. The average molecular weight is 263 g/mol. The predicted molar refractivity (Wildman–Crippen MR) is 76.6 cm³/mol. The van der Waals surface area contributed by atoms with Crippen LogP contribution >= 0.6 is 0 Å². The minimum absolute atomic E-state index is 0.555. The van der Waals surface area contributed by atoms with Gasteiger partial charge in [0.25, 0.3) is 0 Å². The summed E-state index contributed by atoms with van der Waals surface area (Å²) in [6.07, 6.45) is 4.61. The summed E-state index contributed by atoms with van der Waals surface area (Å²) in [7, 11) is 1.76. The molecule has 2 N–H and O–H groups in total. The predicted octanol–water partition coefficient (Wildman–Crippen LogP) is 1.79. The van der Waals surface area contributed by atoms with Gasteiger partial charge in [-0.1, -0.05) is 6.07 Å². The minimum atomic E-state index is 0.555. The lowest BCUT2D eigenvalue weighted by atomic mass is 10.1. The van der Waals surface area contributed by atoms with Gasteiger partial charge in [0.15, 0.2) is 0 Å². The Kier molecular flexibility index (Phi) is 5.31. The van der Waals surface area contributed by atoms with E-state index in [2.05, 4.69) is 28.9 Å². The summed E-state index contributed by atoms with van der Waals surface area (Å²) in [6.45, 7) is 5.51. The molecule has 2 rings (SSSR count). The van der Waals surface area contributed by atoms with Gasteiger partial charge in [0.1, 0.15) is 0 Å². The maximum Gasteiger partial charge on any atom is 0.0589 e. The number of methoxy groups -OCH3 is 1. The van der Waals surface area contributed by atoms with Crippen LogP contribution in [0.25, 0.3) is 0 Å². The van der Waals surface area contributed by atoms with Gasteiger partial charge in [0.05, 0.1) is 12.3 Å². The van der Waals surface area contributed by atoms with Crippen molar-refractivity contribution in [2.45, 2.75) is 38.9 Å². The summed E-state index contributed by atoms with van der Waals surface area (Å²) < 4.78 is 5.22. The standard InChI is InChI=1S/C15H25N3O/c1-12(14-4-5-14)18(7-8-19-2)11-15-6-3-13(9-16)10-17-15/h3,6,10,12,14H,4-5,7-9,11,16H2,1-2H3. The number of nitrogens with zero attached hydrogens (tertiary/aromatic N) is 2. The highest BCUT2D eigenvalue weighted by atomic mass is 16.5. The van der Waals surface area contributed by atoms with Crippen LogP contribution < -0.4 is 5.73 Å². The largest absolute Gasteiger partial charge is 0.383 e. The molecule has 106 valence electrons. The first kappa shape index (κ1) is 14.4. The molecule has 19 heavy (non-hydrogen) atoms. The van der Waals surface area contributed by atoms with E-state index in [1.807, 2.05) is 6.20 Å². The van der Waals surface area contributed by atoms with Crippen LogP contribution in [0.5, 0.6) is 0 Å². The summed E-state index contributed by atoms with van der Waals surface area (Å²) in [6, 6.07) is 4.77. The van der Waals surface area contributed by atoms with Gasteiger partial charge in [-0.3, -0.25) is 9.88 Å². The van der Waals surface area contributed by atoms with E-state index in [0.717, 1.165) is 36.9 Å². The molecule has 1 aromatic heterocycles. The second kappa shape index (κ2) is 6.98. The molecule has 1 aliphatic rings. The summed E-state index contributed by atoms with van der Waals surface area (Å²) in [5, 5.41) is 0. The van der Waals surface area contributed by atoms with Crippen molar-refractivity contribution < 1.29 is 4.74 Å². The van der Waals surface area contributed by atoms with Crippen LogP contribution in [0.4, 0.5) is 0 Å². The number of hydrogen-bond donors (Lipinski definition) is 1. The van der Waals surface area contributed by atoms with E-state index >= 15 is 0 Å². The highest BCUT2D eigenvalue weighted by Gasteiger charge is 2.31. The van der Waals surface area contributed by atoms with E-state index in [9.17, 15) is 0 Å². The summed E-state index contributed by atoms with van der Waals surface area (Å²) in [4.78, 5) is 6.97. The first-order valence-electron chi connectivity index (χ1n) is 7.11. The van der Waals surface area contributed by atoms with E-state index in [0.29, 0.717) is 12.6 Å². The van der Waals surface area contributed by atoms with Gasteiger partial charge >= 0.3 is 0 Å². The number of aromatic nitrogens is 1. The number of rotatable bonds is 8. The number of pyridine rings is 1. The summed E-state index contributed by atoms with van der Waals surface area (Å²) in [5.41, 5.74) is 7.79. The Morgan fingerprint density at radius 3 is 2.79 bits per heavy atom. The van der Waals surface area contributed by atoms with Crippen molar-refractivity contribution in [1.29, 1.82) is 0 Å². The SMILES string of the molecule is COCCN(Cc1ccc(CN)cn1)C(C)C1CC1. The van der Waals surface area contributed by atoms with Gasteiger partial charge in [0, 0.05) is 39.0 Å². The first-order valence-corrected chi connectivity index (χ1v) is 7.11. The van der Waals surface area contributed by atoms with Gasteiger partial charge in [-0.2, -0.15) is 0 Å². The molecule has 0 spiro atoms. The third kappa shape index (κ3) is 4.27. The molecular formula is C15H25N3O. The smallest absolute Gasteiger partial charge is 0.0589 e. The van der Waals surface area contributed by atoms with Crippen molar-refractivity contribution in [3.05, 3.63) is 29.6 Å². The highest BCUT2D eigenvalue weighted by molar-refractivity contribution is 5.13. The van der Waals surface area contributed by atoms with Gasteiger partial charge in [-0.25, -0.2) is 0 Å². The molecule has 4 heteroatoms. The minimum Gasteiger partial charge on any atom is -0.383 e. The van der Waals surface area contributed by atoms with E-state index in [4.69, 9.17) is 10.5 Å². The monoisotopic (exact) mass is 263 g/mol. The molecule has 0 aromatic carbocycles. The van der Waals surface area contributed by atoms with E-state index < -0.39 is 0 Å². The molecule has 1 unspecified atom stereocenters. The second-order valence-electron chi connectivity index (χ2n) is 5.40. The molecule has 0 bridgehead atoms.